The summed E-state index contributed by atoms with van der Waals surface area (Å²) in [7, 11) is 0. The van der Waals surface area contributed by atoms with Crippen LogP contribution < -0.4 is 5.32 Å². The molecule has 0 bridgehead atoms. The molecular formula is C15H11N3O2. The van der Waals surface area contributed by atoms with Crippen molar-refractivity contribution in [3.63, 3.8) is 0 Å². The molecule has 0 aliphatic heterocycles. The molecule has 1 N–H and O–H groups in total. The number of amides is 1. The summed E-state index contributed by atoms with van der Waals surface area (Å²) in [6, 6.07) is 11.6. The molecule has 0 aliphatic rings. The first-order chi connectivity index (χ1) is 9.70. The van der Waals surface area contributed by atoms with Gasteiger partial charge >= 0.3 is 0 Å². The van der Waals surface area contributed by atoms with E-state index >= 15 is 0 Å². The van der Waals surface area contributed by atoms with Gasteiger partial charge < -0.3 is 5.32 Å². The fourth-order valence-electron chi connectivity index (χ4n) is 1.65. The maximum atomic E-state index is 12.1. The van der Waals surface area contributed by atoms with Crippen LogP contribution in [0, 0.1) is 11.3 Å². The lowest BCUT2D eigenvalue weighted by atomic mass is 10.0. The molecule has 2 rings (SSSR count). The third-order valence-electron chi connectivity index (χ3n) is 2.61. The summed E-state index contributed by atoms with van der Waals surface area (Å²) < 4.78 is 0. The van der Waals surface area contributed by atoms with Crippen LogP contribution in [0.1, 0.15) is 22.3 Å². The van der Waals surface area contributed by atoms with E-state index in [0.717, 1.165) is 0 Å². The van der Waals surface area contributed by atoms with Gasteiger partial charge in [0.2, 0.25) is 5.91 Å². The zero-order valence-electron chi connectivity index (χ0n) is 10.5. The Morgan fingerprint density at radius 3 is 2.25 bits per heavy atom. The lowest BCUT2D eigenvalue weighted by Gasteiger charge is -2.04. The van der Waals surface area contributed by atoms with Gasteiger partial charge in [-0.3, -0.25) is 14.6 Å². The van der Waals surface area contributed by atoms with E-state index in [-0.39, 0.29) is 18.1 Å². The average molecular weight is 265 g/mol. The van der Waals surface area contributed by atoms with Gasteiger partial charge in [-0.05, 0) is 36.4 Å². The number of nitrogens with one attached hydrogen (secondary N) is 1. The summed E-state index contributed by atoms with van der Waals surface area (Å²) in [6.45, 7) is 0. The Morgan fingerprint density at radius 2 is 1.65 bits per heavy atom. The lowest BCUT2D eigenvalue weighted by molar-refractivity contribution is -0.115. The number of nitrogens with zero attached hydrogens (tertiary/aromatic N) is 2. The number of anilines is 1. The van der Waals surface area contributed by atoms with E-state index in [4.69, 9.17) is 5.26 Å². The van der Waals surface area contributed by atoms with Crippen molar-refractivity contribution in [1.29, 1.82) is 5.26 Å². The Bertz CT molecular complexity index is 658. The zero-order chi connectivity index (χ0) is 14.4. The first kappa shape index (κ1) is 13.4. The highest BCUT2D eigenvalue weighted by Gasteiger charge is 2.08. The zero-order valence-corrected chi connectivity index (χ0v) is 10.5. The molecule has 5 heteroatoms. The van der Waals surface area contributed by atoms with Crippen LogP contribution in [-0.2, 0) is 4.79 Å². The molecule has 0 fully saturated rings. The Labute approximate surface area is 115 Å². The Kier molecular flexibility index (Phi) is 4.20. The predicted molar refractivity (Wildman–Crippen MR) is 73.0 cm³/mol. The number of benzene rings is 1. The third kappa shape index (κ3) is 3.27. The standard InChI is InChI=1S/C15H11N3O2/c16-8-5-14(19)18-13-3-1-11(2-4-13)15(20)12-6-9-17-10-7-12/h1-4,6-7,9-10H,5H2,(H,18,19). The number of carbonyl (C=O) groups is 2. The first-order valence-electron chi connectivity index (χ1n) is 5.92. The molecule has 1 aromatic carbocycles. The van der Waals surface area contributed by atoms with Crippen LogP contribution in [0.25, 0.3) is 0 Å². The van der Waals surface area contributed by atoms with E-state index in [1.54, 1.807) is 54.9 Å². The molecule has 20 heavy (non-hydrogen) atoms. The number of hydrogen-bond donors (Lipinski definition) is 1. The fourth-order valence-corrected chi connectivity index (χ4v) is 1.65. The number of carbonyl (C=O) groups excluding carboxylic acids is 2. The molecule has 0 saturated carbocycles. The van der Waals surface area contributed by atoms with E-state index in [0.29, 0.717) is 16.8 Å². The van der Waals surface area contributed by atoms with Gasteiger partial charge in [-0.2, -0.15) is 5.26 Å². The van der Waals surface area contributed by atoms with Gasteiger partial charge in [-0.1, -0.05) is 0 Å². The lowest BCUT2D eigenvalue weighted by Crippen LogP contribution is -2.10. The van der Waals surface area contributed by atoms with Crippen molar-refractivity contribution in [2.75, 3.05) is 5.32 Å². The average Bonchev–Trinajstić information content (AvgIpc) is 2.48. The van der Waals surface area contributed by atoms with Crippen molar-refractivity contribution in [3.05, 3.63) is 59.9 Å². The maximum Gasteiger partial charge on any atom is 0.238 e. The van der Waals surface area contributed by atoms with Gasteiger partial charge in [-0.25, -0.2) is 0 Å². The minimum atomic E-state index is -0.374. The summed E-state index contributed by atoms with van der Waals surface area (Å²) >= 11 is 0. The molecular weight excluding hydrogens is 254 g/mol. The first-order valence-corrected chi connectivity index (χ1v) is 5.92. The predicted octanol–water partition coefficient (Wildman–Crippen LogP) is 2.16. The number of pyridine rings is 1. The van der Waals surface area contributed by atoms with Crippen molar-refractivity contribution in [2.24, 2.45) is 0 Å². The molecule has 1 heterocycles. The fraction of sp³-hybridized carbons (Fsp3) is 0.0667. The van der Waals surface area contributed by atoms with E-state index in [9.17, 15) is 9.59 Å². The van der Waals surface area contributed by atoms with Crippen molar-refractivity contribution in [1.82, 2.24) is 4.98 Å². The minimum absolute atomic E-state index is 0.109. The maximum absolute atomic E-state index is 12.1. The summed E-state index contributed by atoms with van der Waals surface area (Å²) in [6.07, 6.45) is 2.92. The van der Waals surface area contributed by atoms with Gasteiger partial charge in [0.25, 0.3) is 0 Å². The quantitative estimate of drug-likeness (QED) is 0.859. The Hall–Kier alpha value is -3.00. The van der Waals surface area contributed by atoms with Crippen LogP contribution in [0.4, 0.5) is 5.69 Å². The summed E-state index contributed by atoms with van der Waals surface area (Å²) in [5.41, 5.74) is 1.63. The van der Waals surface area contributed by atoms with Gasteiger partial charge in [0.1, 0.15) is 6.42 Å². The molecule has 0 atom stereocenters. The second-order valence-corrected chi connectivity index (χ2v) is 4.03. The normalized spacial score (nSPS) is 9.55. The van der Waals surface area contributed by atoms with Gasteiger partial charge in [0, 0.05) is 29.2 Å². The van der Waals surface area contributed by atoms with Crippen LogP contribution in [-0.4, -0.2) is 16.7 Å². The minimum Gasteiger partial charge on any atom is -0.325 e. The highest BCUT2D eigenvalue weighted by molar-refractivity contribution is 6.09. The van der Waals surface area contributed by atoms with Gasteiger partial charge in [0.15, 0.2) is 5.78 Å². The Balaban J connectivity index is 2.11. The largest absolute Gasteiger partial charge is 0.325 e. The van der Waals surface area contributed by atoms with Crippen molar-refractivity contribution >= 4 is 17.4 Å². The number of rotatable bonds is 4. The summed E-state index contributed by atoms with van der Waals surface area (Å²) in [5, 5.41) is 11.0. The van der Waals surface area contributed by atoms with Crippen LogP contribution in [0.15, 0.2) is 48.8 Å². The Morgan fingerprint density at radius 1 is 1.05 bits per heavy atom. The molecule has 98 valence electrons. The van der Waals surface area contributed by atoms with Crippen molar-refractivity contribution in [2.45, 2.75) is 6.42 Å². The second-order valence-electron chi connectivity index (χ2n) is 4.03. The molecule has 0 unspecified atom stereocenters. The molecule has 5 nitrogen and oxygen atoms in total. The highest BCUT2D eigenvalue weighted by Crippen LogP contribution is 2.13. The topological polar surface area (TPSA) is 82.9 Å². The summed E-state index contributed by atoms with van der Waals surface area (Å²) in [5.74, 6) is -0.483. The van der Waals surface area contributed by atoms with Crippen LogP contribution in [0.3, 0.4) is 0 Å². The molecule has 0 spiro atoms. The smallest absolute Gasteiger partial charge is 0.238 e. The highest BCUT2D eigenvalue weighted by atomic mass is 16.1. The molecule has 0 aliphatic carbocycles. The second kappa shape index (κ2) is 6.25. The van der Waals surface area contributed by atoms with Gasteiger partial charge in [0.05, 0.1) is 6.07 Å². The molecule has 0 radical (unpaired) electrons. The van der Waals surface area contributed by atoms with Crippen LogP contribution >= 0.6 is 0 Å². The van der Waals surface area contributed by atoms with E-state index in [2.05, 4.69) is 10.3 Å². The van der Waals surface area contributed by atoms with Crippen LogP contribution in [0.5, 0.6) is 0 Å². The number of hydrogen-bond acceptors (Lipinski definition) is 4. The molecule has 0 saturated heterocycles. The molecule has 2 aromatic rings. The summed E-state index contributed by atoms with van der Waals surface area (Å²) in [4.78, 5) is 27.2. The van der Waals surface area contributed by atoms with E-state index in [1.807, 2.05) is 0 Å². The molecule has 1 aromatic heterocycles. The van der Waals surface area contributed by atoms with Crippen LogP contribution in [0.2, 0.25) is 0 Å². The van der Waals surface area contributed by atoms with Crippen molar-refractivity contribution in [3.8, 4) is 6.07 Å². The van der Waals surface area contributed by atoms with E-state index in [1.165, 1.54) is 0 Å². The number of ketones is 1. The third-order valence-corrected chi connectivity index (χ3v) is 2.61. The molecule has 1 amide bonds. The number of nitriles is 1. The monoisotopic (exact) mass is 265 g/mol. The SMILES string of the molecule is N#CCC(=O)Nc1ccc(C(=O)c2ccncc2)cc1. The van der Waals surface area contributed by atoms with Crippen molar-refractivity contribution < 1.29 is 9.59 Å². The number of aromatic nitrogens is 1. The van der Waals surface area contributed by atoms with E-state index < -0.39 is 0 Å². The van der Waals surface area contributed by atoms with Gasteiger partial charge in [-0.15, -0.1) is 0 Å².